The van der Waals surface area contributed by atoms with Crippen molar-refractivity contribution in [2.45, 2.75) is 0 Å². The number of sulfone groups is 1. The SMILES string of the molecule is N=CS(=O)(=O)CP. The summed E-state index contributed by atoms with van der Waals surface area (Å²) in [5, 5.41) is 6.28. The molecule has 0 aromatic rings. The molecule has 0 aliphatic carbocycles. The standard InChI is InChI=1S/C2H6NO2PS/c3-1-7(4,5)2-6/h1,3H,2,6H2. The van der Waals surface area contributed by atoms with Gasteiger partial charge in [0.05, 0.1) is 5.49 Å². The molecule has 42 valence electrons. The first-order valence-electron chi connectivity index (χ1n) is 1.55. The molecule has 0 fully saturated rings. The minimum Gasteiger partial charge on any atom is -0.297 e. The summed E-state index contributed by atoms with van der Waals surface area (Å²) in [5.41, 5.74) is 0.385. The van der Waals surface area contributed by atoms with Crippen LogP contribution >= 0.6 is 9.24 Å². The van der Waals surface area contributed by atoms with Crippen LogP contribution in [-0.2, 0) is 9.84 Å². The van der Waals surface area contributed by atoms with Crippen molar-refractivity contribution in [3.8, 4) is 0 Å². The molecule has 0 bridgehead atoms. The zero-order valence-corrected chi connectivity index (χ0v) is 5.56. The van der Waals surface area contributed by atoms with Gasteiger partial charge in [-0.25, -0.2) is 8.42 Å². The van der Waals surface area contributed by atoms with Gasteiger partial charge in [0.2, 0.25) is 0 Å². The van der Waals surface area contributed by atoms with Crippen molar-refractivity contribution in [1.29, 1.82) is 5.41 Å². The van der Waals surface area contributed by atoms with Crippen LogP contribution in [0.3, 0.4) is 0 Å². The molecule has 0 aromatic carbocycles. The summed E-state index contributed by atoms with van der Waals surface area (Å²) in [6.07, 6.45) is 0. The van der Waals surface area contributed by atoms with E-state index in [-0.39, 0.29) is 5.49 Å². The highest BCUT2D eigenvalue weighted by Gasteiger charge is 1.97. The van der Waals surface area contributed by atoms with Crippen molar-refractivity contribution in [2.24, 2.45) is 0 Å². The van der Waals surface area contributed by atoms with Crippen LogP contribution in [0.25, 0.3) is 0 Å². The molecule has 0 saturated carbocycles. The van der Waals surface area contributed by atoms with Gasteiger partial charge in [-0.1, -0.05) is 0 Å². The van der Waals surface area contributed by atoms with Crippen molar-refractivity contribution in [3.05, 3.63) is 0 Å². The molecule has 0 heterocycles. The zero-order valence-electron chi connectivity index (χ0n) is 3.59. The van der Waals surface area contributed by atoms with Gasteiger partial charge in [-0.15, -0.1) is 9.24 Å². The zero-order chi connectivity index (χ0) is 5.91. The van der Waals surface area contributed by atoms with E-state index in [1.165, 1.54) is 0 Å². The average Bonchev–Trinajstić information content (AvgIpc) is 1.68. The molecule has 0 saturated heterocycles. The van der Waals surface area contributed by atoms with Gasteiger partial charge in [0.15, 0.2) is 9.84 Å². The Morgan fingerprint density at radius 1 is 1.71 bits per heavy atom. The molecule has 0 radical (unpaired) electrons. The van der Waals surface area contributed by atoms with Gasteiger partial charge in [-0.2, -0.15) is 0 Å². The van der Waals surface area contributed by atoms with Crippen LogP contribution in [0.5, 0.6) is 0 Å². The largest absolute Gasteiger partial charge is 0.297 e. The second-order valence-electron chi connectivity index (χ2n) is 0.947. The maximum atomic E-state index is 10.1. The Hall–Kier alpha value is 0.0500. The Kier molecular flexibility index (Phi) is 2.40. The molecule has 3 nitrogen and oxygen atoms in total. The molecular formula is C2H6NO2PS. The average molecular weight is 139 g/mol. The lowest BCUT2D eigenvalue weighted by Gasteiger charge is -1.82. The normalized spacial score (nSPS) is 11.0. The van der Waals surface area contributed by atoms with Crippen LogP contribution in [0, 0.1) is 5.41 Å². The topological polar surface area (TPSA) is 58.0 Å². The van der Waals surface area contributed by atoms with E-state index in [1.807, 2.05) is 9.24 Å². The third-order valence-electron chi connectivity index (χ3n) is 0.412. The number of rotatable bonds is 2. The van der Waals surface area contributed by atoms with Crippen LogP contribution < -0.4 is 0 Å². The van der Waals surface area contributed by atoms with Gasteiger partial charge in [0.1, 0.15) is 5.55 Å². The van der Waals surface area contributed by atoms with E-state index in [0.717, 1.165) is 0 Å². The minimum absolute atomic E-state index is 0.0590. The van der Waals surface area contributed by atoms with Gasteiger partial charge in [-0.3, -0.25) is 5.41 Å². The first kappa shape index (κ1) is 7.05. The van der Waals surface area contributed by atoms with E-state index >= 15 is 0 Å². The quantitative estimate of drug-likeness (QED) is 0.328. The Labute approximate surface area is 44.7 Å². The summed E-state index contributed by atoms with van der Waals surface area (Å²) in [7, 11) is -1.12. The van der Waals surface area contributed by atoms with Crippen molar-refractivity contribution < 1.29 is 8.42 Å². The fourth-order valence-electron chi connectivity index (χ4n) is 0.0481. The van der Waals surface area contributed by atoms with E-state index in [1.54, 1.807) is 0 Å². The summed E-state index contributed by atoms with van der Waals surface area (Å²) in [6, 6.07) is 0. The van der Waals surface area contributed by atoms with Gasteiger partial charge in [0.25, 0.3) is 0 Å². The van der Waals surface area contributed by atoms with Crippen LogP contribution in [0.4, 0.5) is 0 Å². The van der Waals surface area contributed by atoms with Crippen LogP contribution in [0.1, 0.15) is 0 Å². The van der Waals surface area contributed by atoms with E-state index < -0.39 is 9.84 Å². The summed E-state index contributed by atoms with van der Waals surface area (Å²) >= 11 is 0. The number of hydrogen-bond donors (Lipinski definition) is 1. The van der Waals surface area contributed by atoms with Crippen LogP contribution in [0.2, 0.25) is 0 Å². The summed E-state index contributed by atoms with van der Waals surface area (Å²) < 4.78 is 20.2. The van der Waals surface area contributed by atoms with E-state index in [9.17, 15) is 8.42 Å². The van der Waals surface area contributed by atoms with Crippen molar-refractivity contribution in [3.63, 3.8) is 0 Å². The summed E-state index contributed by atoms with van der Waals surface area (Å²) in [5.74, 6) is 0. The van der Waals surface area contributed by atoms with Crippen LogP contribution in [-0.4, -0.2) is 19.5 Å². The van der Waals surface area contributed by atoms with E-state index in [0.29, 0.717) is 5.55 Å². The Morgan fingerprint density at radius 2 is 2.14 bits per heavy atom. The Balaban J connectivity index is 4.17. The van der Waals surface area contributed by atoms with Gasteiger partial charge in [0, 0.05) is 0 Å². The second-order valence-corrected chi connectivity index (χ2v) is 3.84. The molecule has 5 heteroatoms. The molecule has 1 atom stereocenters. The molecule has 7 heavy (non-hydrogen) atoms. The molecule has 1 N–H and O–H groups in total. The lowest BCUT2D eigenvalue weighted by molar-refractivity contribution is 0.612. The molecule has 0 aromatic heterocycles. The summed E-state index contributed by atoms with van der Waals surface area (Å²) in [4.78, 5) is 0. The minimum atomic E-state index is -3.15. The number of nitrogens with one attached hydrogen (secondary N) is 1. The Bertz CT molecular complexity index is 149. The highest BCUT2D eigenvalue weighted by molar-refractivity contribution is 8.06. The number of hydrogen-bond acceptors (Lipinski definition) is 3. The maximum absolute atomic E-state index is 10.1. The van der Waals surface area contributed by atoms with Gasteiger partial charge < -0.3 is 0 Å². The van der Waals surface area contributed by atoms with Crippen molar-refractivity contribution in [2.75, 3.05) is 5.49 Å². The monoisotopic (exact) mass is 139 g/mol. The lowest BCUT2D eigenvalue weighted by Crippen LogP contribution is -1.99. The fourth-order valence-corrected chi connectivity index (χ4v) is 0.433. The lowest BCUT2D eigenvalue weighted by atomic mass is 11.7. The van der Waals surface area contributed by atoms with E-state index in [4.69, 9.17) is 5.41 Å². The fraction of sp³-hybridized carbons (Fsp3) is 0.500. The molecule has 0 aliphatic rings. The third kappa shape index (κ3) is 2.71. The molecule has 0 rings (SSSR count). The molecule has 0 amide bonds. The van der Waals surface area contributed by atoms with Crippen molar-refractivity contribution >= 4 is 24.6 Å². The van der Waals surface area contributed by atoms with E-state index in [2.05, 4.69) is 0 Å². The molecule has 0 aliphatic heterocycles. The van der Waals surface area contributed by atoms with Crippen molar-refractivity contribution in [1.82, 2.24) is 0 Å². The molecular weight excluding hydrogens is 133 g/mol. The predicted molar refractivity (Wildman–Crippen MR) is 32.3 cm³/mol. The Morgan fingerprint density at radius 3 is 2.14 bits per heavy atom. The highest BCUT2D eigenvalue weighted by Crippen LogP contribution is 1.89. The predicted octanol–water partition coefficient (Wildman–Crippen LogP) is -0.159. The smallest absolute Gasteiger partial charge is 0.191 e. The highest BCUT2D eigenvalue weighted by atomic mass is 32.2. The van der Waals surface area contributed by atoms with Gasteiger partial charge in [-0.05, 0) is 0 Å². The summed E-state index contributed by atoms with van der Waals surface area (Å²) in [6.45, 7) is 0. The second kappa shape index (κ2) is 2.38. The first-order valence-corrected chi connectivity index (χ1v) is 4.09. The van der Waals surface area contributed by atoms with Crippen LogP contribution in [0.15, 0.2) is 0 Å². The van der Waals surface area contributed by atoms with Gasteiger partial charge >= 0.3 is 0 Å². The molecule has 1 unspecified atom stereocenters. The first-order chi connectivity index (χ1) is 3.12. The third-order valence-corrected chi connectivity index (χ3v) is 2.63. The maximum Gasteiger partial charge on any atom is 0.191 e. The molecule has 0 spiro atoms.